The van der Waals surface area contributed by atoms with E-state index in [2.05, 4.69) is 17.2 Å². The van der Waals surface area contributed by atoms with Gasteiger partial charge in [0, 0.05) is 12.7 Å². The topological polar surface area (TPSA) is 62.2 Å². The number of nitrogens with zero attached hydrogens (tertiary/aromatic N) is 1. The molecule has 0 unspecified atom stereocenters. The number of aromatic carboxylic acids is 1. The van der Waals surface area contributed by atoms with Crippen LogP contribution >= 0.6 is 0 Å². The zero-order chi connectivity index (χ0) is 14.1. The average Bonchev–Trinajstić information content (AvgIpc) is 2.37. The van der Waals surface area contributed by atoms with E-state index in [0.717, 1.165) is 18.5 Å². The highest BCUT2D eigenvalue weighted by Gasteiger charge is 2.13. The fourth-order valence-electron chi connectivity index (χ4n) is 2.07. The molecule has 106 valence electrons. The summed E-state index contributed by atoms with van der Waals surface area (Å²) in [6, 6.07) is 1.72. The highest BCUT2D eigenvalue weighted by molar-refractivity contribution is 5.94. The van der Waals surface area contributed by atoms with Crippen LogP contribution in [-0.4, -0.2) is 22.6 Å². The van der Waals surface area contributed by atoms with E-state index in [1.807, 2.05) is 0 Å². The van der Waals surface area contributed by atoms with Gasteiger partial charge in [0.25, 0.3) is 0 Å². The highest BCUT2D eigenvalue weighted by Crippen LogP contribution is 2.16. The molecule has 2 N–H and O–H groups in total. The van der Waals surface area contributed by atoms with E-state index in [0.29, 0.717) is 5.82 Å². The van der Waals surface area contributed by atoms with Gasteiger partial charge >= 0.3 is 5.97 Å². The number of aryl methyl sites for hydroxylation is 1. The van der Waals surface area contributed by atoms with Gasteiger partial charge in [-0.2, -0.15) is 0 Å². The molecule has 0 atom stereocenters. The molecular weight excluding hydrogens is 240 g/mol. The monoisotopic (exact) mass is 264 g/mol. The van der Waals surface area contributed by atoms with Crippen molar-refractivity contribution >= 4 is 11.8 Å². The lowest BCUT2D eigenvalue weighted by atomic mass is 10.1. The Bertz CT molecular complexity index is 405. The molecule has 0 aliphatic heterocycles. The van der Waals surface area contributed by atoms with Crippen molar-refractivity contribution in [1.29, 1.82) is 0 Å². The Morgan fingerprint density at radius 2 is 1.95 bits per heavy atom. The number of nitrogens with one attached hydrogen (secondary N) is 1. The van der Waals surface area contributed by atoms with Crippen molar-refractivity contribution < 1.29 is 9.90 Å². The van der Waals surface area contributed by atoms with Crippen molar-refractivity contribution in [2.75, 3.05) is 11.9 Å². The Morgan fingerprint density at radius 3 is 2.63 bits per heavy atom. The fraction of sp³-hybridized carbons (Fsp3) is 0.600. The summed E-state index contributed by atoms with van der Waals surface area (Å²) >= 11 is 0. The minimum atomic E-state index is -0.920. The van der Waals surface area contributed by atoms with Crippen LogP contribution in [0, 0.1) is 6.92 Å². The second-order valence-corrected chi connectivity index (χ2v) is 4.85. The van der Waals surface area contributed by atoms with Gasteiger partial charge in [-0.15, -0.1) is 0 Å². The Balaban J connectivity index is 2.37. The molecule has 0 amide bonds. The largest absolute Gasteiger partial charge is 0.478 e. The molecule has 0 radical (unpaired) electrons. The molecule has 19 heavy (non-hydrogen) atoms. The van der Waals surface area contributed by atoms with Gasteiger partial charge < -0.3 is 10.4 Å². The number of carboxylic acids is 1. The predicted octanol–water partition coefficient (Wildman–Crippen LogP) is 3.86. The third-order valence-electron chi connectivity index (χ3n) is 3.20. The van der Waals surface area contributed by atoms with E-state index in [1.165, 1.54) is 32.1 Å². The molecule has 0 saturated heterocycles. The van der Waals surface area contributed by atoms with Crippen LogP contribution in [0.5, 0.6) is 0 Å². The minimum absolute atomic E-state index is 0.286. The van der Waals surface area contributed by atoms with Crippen molar-refractivity contribution in [2.45, 2.75) is 52.4 Å². The molecule has 1 heterocycles. The third kappa shape index (κ3) is 5.28. The van der Waals surface area contributed by atoms with Crippen molar-refractivity contribution in [3.8, 4) is 0 Å². The lowest BCUT2D eigenvalue weighted by Crippen LogP contribution is -2.11. The molecule has 4 heteroatoms. The van der Waals surface area contributed by atoms with Crippen LogP contribution in [0.2, 0.25) is 0 Å². The standard InChI is InChI=1S/C15H24N2O2/c1-3-4-5-6-7-8-10-16-14-13(15(18)19)12(2)9-11-17-14/h9,11H,3-8,10H2,1-2H3,(H,16,17)(H,18,19). The summed E-state index contributed by atoms with van der Waals surface area (Å²) in [6.45, 7) is 4.78. The number of unbranched alkanes of at least 4 members (excludes halogenated alkanes) is 5. The summed E-state index contributed by atoms with van der Waals surface area (Å²) in [5, 5.41) is 12.3. The molecule has 1 rings (SSSR count). The summed E-state index contributed by atoms with van der Waals surface area (Å²) in [7, 11) is 0. The van der Waals surface area contributed by atoms with Crippen LogP contribution in [0.1, 0.15) is 61.4 Å². The molecule has 1 aromatic heterocycles. The summed E-state index contributed by atoms with van der Waals surface area (Å²) in [5.74, 6) is -0.433. The first kappa shape index (κ1) is 15.5. The first-order valence-electron chi connectivity index (χ1n) is 7.09. The van der Waals surface area contributed by atoms with Gasteiger partial charge in [-0.25, -0.2) is 9.78 Å². The summed E-state index contributed by atoms with van der Waals surface area (Å²) in [6.07, 6.45) is 8.98. The number of aromatic nitrogens is 1. The number of hydrogen-bond acceptors (Lipinski definition) is 3. The lowest BCUT2D eigenvalue weighted by Gasteiger charge is -2.10. The summed E-state index contributed by atoms with van der Waals surface area (Å²) in [4.78, 5) is 15.3. The second-order valence-electron chi connectivity index (χ2n) is 4.85. The molecule has 0 aliphatic rings. The van der Waals surface area contributed by atoms with Crippen LogP contribution < -0.4 is 5.32 Å². The van der Waals surface area contributed by atoms with Gasteiger partial charge in [0.15, 0.2) is 0 Å². The van der Waals surface area contributed by atoms with Gasteiger partial charge in [-0.1, -0.05) is 39.0 Å². The molecular formula is C15H24N2O2. The van der Waals surface area contributed by atoms with Gasteiger partial charge in [0.05, 0.1) is 0 Å². The molecule has 0 fully saturated rings. The smallest absolute Gasteiger partial charge is 0.339 e. The first-order valence-corrected chi connectivity index (χ1v) is 7.09. The quantitative estimate of drug-likeness (QED) is 0.665. The Hall–Kier alpha value is -1.58. The zero-order valence-electron chi connectivity index (χ0n) is 11.9. The van der Waals surface area contributed by atoms with Crippen molar-refractivity contribution in [3.05, 3.63) is 23.4 Å². The first-order chi connectivity index (χ1) is 9.16. The summed E-state index contributed by atoms with van der Waals surface area (Å²) < 4.78 is 0. The third-order valence-corrected chi connectivity index (χ3v) is 3.20. The van der Waals surface area contributed by atoms with E-state index in [1.54, 1.807) is 19.2 Å². The van der Waals surface area contributed by atoms with Gasteiger partial charge in [-0.05, 0) is 25.0 Å². The normalized spacial score (nSPS) is 10.4. The van der Waals surface area contributed by atoms with E-state index in [4.69, 9.17) is 5.11 Å². The molecule has 0 bridgehead atoms. The number of carboxylic acid groups (broad SMARTS) is 1. The fourth-order valence-corrected chi connectivity index (χ4v) is 2.07. The highest BCUT2D eigenvalue weighted by atomic mass is 16.4. The maximum atomic E-state index is 11.2. The van der Waals surface area contributed by atoms with Gasteiger partial charge in [-0.3, -0.25) is 0 Å². The Labute approximate surface area is 115 Å². The average molecular weight is 264 g/mol. The maximum absolute atomic E-state index is 11.2. The molecule has 0 saturated carbocycles. The van der Waals surface area contributed by atoms with E-state index >= 15 is 0 Å². The van der Waals surface area contributed by atoms with Crippen LogP contribution in [0.3, 0.4) is 0 Å². The maximum Gasteiger partial charge on any atom is 0.339 e. The molecule has 1 aromatic rings. The van der Waals surface area contributed by atoms with Crippen molar-refractivity contribution in [2.24, 2.45) is 0 Å². The number of pyridine rings is 1. The second kappa shape index (κ2) is 8.51. The van der Waals surface area contributed by atoms with E-state index < -0.39 is 5.97 Å². The molecule has 0 aliphatic carbocycles. The minimum Gasteiger partial charge on any atom is -0.478 e. The number of hydrogen-bond donors (Lipinski definition) is 2. The lowest BCUT2D eigenvalue weighted by molar-refractivity contribution is 0.0697. The Morgan fingerprint density at radius 1 is 1.26 bits per heavy atom. The van der Waals surface area contributed by atoms with Crippen molar-refractivity contribution in [1.82, 2.24) is 4.98 Å². The molecule has 0 spiro atoms. The van der Waals surface area contributed by atoms with E-state index in [9.17, 15) is 4.79 Å². The summed E-state index contributed by atoms with van der Waals surface area (Å²) in [5.41, 5.74) is 1.03. The van der Waals surface area contributed by atoms with Crippen LogP contribution in [0.15, 0.2) is 12.3 Å². The number of rotatable bonds is 9. The van der Waals surface area contributed by atoms with Gasteiger partial charge in [0.2, 0.25) is 0 Å². The predicted molar refractivity (Wildman–Crippen MR) is 77.8 cm³/mol. The van der Waals surface area contributed by atoms with Crippen molar-refractivity contribution in [3.63, 3.8) is 0 Å². The number of anilines is 1. The Kier molecular flexibility index (Phi) is 6.93. The zero-order valence-corrected chi connectivity index (χ0v) is 11.9. The van der Waals surface area contributed by atoms with Crippen LogP contribution in [0.4, 0.5) is 5.82 Å². The number of carbonyl (C=O) groups is 1. The van der Waals surface area contributed by atoms with E-state index in [-0.39, 0.29) is 5.56 Å². The molecule has 4 nitrogen and oxygen atoms in total. The van der Waals surface area contributed by atoms with Crippen LogP contribution in [0.25, 0.3) is 0 Å². The molecule has 0 aromatic carbocycles. The van der Waals surface area contributed by atoms with Gasteiger partial charge in [0.1, 0.15) is 11.4 Å². The van der Waals surface area contributed by atoms with Crippen LogP contribution in [-0.2, 0) is 0 Å². The SMILES string of the molecule is CCCCCCCCNc1nccc(C)c1C(=O)O.